The number of carbonyl (C=O) groups excluding carboxylic acids is 2. The van der Waals surface area contributed by atoms with Crippen LogP contribution in [0.3, 0.4) is 0 Å². The first-order valence-electron chi connectivity index (χ1n) is 8.38. The summed E-state index contributed by atoms with van der Waals surface area (Å²) < 4.78 is 1.76. The second kappa shape index (κ2) is 7.34. The average molecular weight is 338 g/mol. The number of rotatable bonds is 5. The van der Waals surface area contributed by atoms with Gasteiger partial charge in [0.15, 0.2) is 0 Å². The molecule has 2 heterocycles. The van der Waals surface area contributed by atoms with Gasteiger partial charge in [-0.1, -0.05) is 24.3 Å². The average Bonchev–Trinajstić information content (AvgIpc) is 3.31. The van der Waals surface area contributed by atoms with Crippen molar-refractivity contribution in [2.75, 3.05) is 20.1 Å². The molecule has 2 amide bonds. The zero-order valence-corrected chi connectivity index (χ0v) is 14.3. The summed E-state index contributed by atoms with van der Waals surface area (Å²) in [6.45, 7) is 4.72. The first-order chi connectivity index (χ1) is 12.1. The van der Waals surface area contributed by atoms with Crippen LogP contribution in [0.15, 0.2) is 55.5 Å². The zero-order chi connectivity index (χ0) is 17.8. The van der Waals surface area contributed by atoms with Crippen molar-refractivity contribution >= 4 is 11.8 Å². The van der Waals surface area contributed by atoms with E-state index in [1.54, 1.807) is 40.0 Å². The third-order valence-corrected chi connectivity index (χ3v) is 4.47. The van der Waals surface area contributed by atoms with Gasteiger partial charge in [-0.05, 0) is 25.0 Å². The molecule has 0 saturated carbocycles. The number of aromatic nitrogens is 2. The predicted octanol–water partition coefficient (Wildman–Crippen LogP) is 2.12. The molecule has 0 N–H and O–H groups in total. The fraction of sp³-hybridized carbons (Fsp3) is 0.316. The molecule has 1 aliphatic rings. The fourth-order valence-electron chi connectivity index (χ4n) is 3.20. The molecule has 0 spiro atoms. The molecule has 0 aliphatic carbocycles. The Labute approximate surface area is 147 Å². The molecule has 6 nitrogen and oxygen atoms in total. The minimum absolute atomic E-state index is 0.0449. The quantitative estimate of drug-likeness (QED) is 0.785. The summed E-state index contributed by atoms with van der Waals surface area (Å²) in [6.07, 6.45) is 6.38. The maximum atomic E-state index is 13.1. The Morgan fingerprint density at radius 2 is 2.12 bits per heavy atom. The Kier molecular flexibility index (Phi) is 4.97. The van der Waals surface area contributed by atoms with Crippen molar-refractivity contribution in [2.24, 2.45) is 0 Å². The van der Waals surface area contributed by atoms with Crippen molar-refractivity contribution in [3.05, 3.63) is 61.2 Å². The Morgan fingerprint density at radius 1 is 1.36 bits per heavy atom. The lowest BCUT2D eigenvalue weighted by Gasteiger charge is -2.27. The summed E-state index contributed by atoms with van der Waals surface area (Å²) in [5, 5.41) is 0. The van der Waals surface area contributed by atoms with Crippen LogP contribution in [0.4, 0.5) is 0 Å². The molecule has 130 valence electrons. The maximum Gasteiger partial charge on any atom is 0.273 e. The maximum absolute atomic E-state index is 13.1. The van der Waals surface area contributed by atoms with Gasteiger partial charge in [0.2, 0.25) is 5.91 Å². The second-order valence-corrected chi connectivity index (χ2v) is 6.15. The van der Waals surface area contributed by atoms with Gasteiger partial charge >= 0.3 is 0 Å². The van der Waals surface area contributed by atoms with Crippen molar-refractivity contribution in [3.63, 3.8) is 0 Å². The number of likely N-dealkylation sites (tertiary alicyclic amines) is 1. The van der Waals surface area contributed by atoms with Crippen molar-refractivity contribution in [1.82, 2.24) is 19.4 Å². The normalized spacial score (nSPS) is 16.7. The van der Waals surface area contributed by atoms with E-state index in [2.05, 4.69) is 11.6 Å². The van der Waals surface area contributed by atoms with Crippen LogP contribution in [-0.4, -0.2) is 57.3 Å². The third-order valence-electron chi connectivity index (χ3n) is 4.47. The Bertz CT molecular complexity index is 769. The number of likely N-dealkylation sites (N-methyl/N-ethyl adjacent to an activating group) is 1. The van der Waals surface area contributed by atoms with Gasteiger partial charge in [0.05, 0.1) is 12.5 Å². The summed E-state index contributed by atoms with van der Waals surface area (Å²) in [6, 6.07) is 9.17. The van der Waals surface area contributed by atoms with Gasteiger partial charge < -0.3 is 9.80 Å². The molecule has 1 aliphatic heterocycles. The molecule has 1 atom stereocenters. The van der Waals surface area contributed by atoms with Crippen molar-refractivity contribution in [1.29, 1.82) is 0 Å². The van der Waals surface area contributed by atoms with Crippen LogP contribution in [0.2, 0.25) is 0 Å². The molecule has 1 aromatic heterocycles. The first-order valence-corrected chi connectivity index (χ1v) is 8.38. The molecule has 1 aromatic carbocycles. The molecule has 0 unspecified atom stereocenters. The van der Waals surface area contributed by atoms with E-state index in [1.165, 1.54) is 0 Å². The van der Waals surface area contributed by atoms with Gasteiger partial charge in [0.25, 0.3) is 5.91 Å². The van der Waals surface area contributed by atoms with Crippen molar-refractivity contribution in [3.8, 4) is 5.69 Å². The highest BCUT2D eigenvalue weighted by Crippen LogP contribution is 2.23. The van der Waals surface area contributed by atoms with E-state index in [9.17, 15) is 9.59 Å². The van der Waals surface area contributed by atoms with Crippen LogP contribution in [-0.2, 0) is 4.79 Å². The Hall–Kier alpha value is -2.89. The molecule has 0 bridgehead atoms. The Morgan fingerprint density at radius 3 is 2.84 bits per heavy atom. The lowest BCUT2D eigenvalue weighted by Crippen LogP contribution is -2.47. The van der Waals surface area contributed by atoms with Gasteiger partial charge in [-0.3, -0.25) is 14.2 Å². The fourth-order valence-corrected chi connectivity index (χ4v) is 3.20. The summed E-state index contributed by atoms with van der Waals surface area (Å²) in [5.41, 5.74) is 1.34. The number of benzene rings is 1. The minimum Gasteiger partial charge on any atom is -0.340 e. The van der Waals surface area contributed by atoms with E-state index < -0.39 is 6.04 Å². The second-order valence-electron chi connectivity index (χ2n) is 6.15. The molecule has 1 saturated heterocycles. The van der Waals surface area contributed by atoms with E-state index in [1.807, 2.05) is 30.3 Å². The molecule has 0 radical (unpaired) electrons. The van der Waals surface area contributed by atoms with Crippen LogP contribution in [0.25, 0.3) is 5.69 Å². The number of para-hydroxylation sites is 1. The summed E-state index contributed by atoms with van der Waals surface area (Å²) in [5.74, 6) is -0.208. The number of imidazole rings is 1. The number of hydrogen-bond donors (Lipinski definition) is 0. The highest BCUT2D eigenvalue weighted by atomic mass is 16.2. The summed E-state index contributed by atoms with van der Waals surface area (Å²) in [7, 11) is 1.74. The molecule has 3 rings (SSSR count). The van der Waals surface area contributed by atoms with E-state index in [-0.39, 0.29) is 11.8 Å². The molecule has 1 fully saturated rings. The molecule has 2 aromatic rings. The minimum atomic E-state index is -0.420. The number of carbonyl (C=O) groups is 2. The van der Waals surface area contributed by atoms with Crippen LogP contribution in [0, 0.1) is 0 Å². The van der Waals surface area contributed by atoms with Crippen LogP contribution < -0.4 is 0 Å². The zero-order valence-electron chi connectivity index (χ0n) is 14.3. The van der Waals surface area contributed by atoms with E-state index >= 15 is 0 Å². The lowest BCUT2D eigenvalue weighted by molar-refractivity contribution is -0.133. The van der Waals surface area contributed by atoms with Gasteiger partial charge in [-0.2, -0.15) is 0 Å². The predicted molar refractivity (Wildman–Crippen MR) is 95.5 cm³/mol. The highest BCUT2D eigenvalue weighted by Gasteiger charge is 2.36. The number of amides is 2. The monoisotopic (exact) mass is 338 g/mol. The topological polar surface area (TPSA) is 58.4 Å². The third kappa shape index (κ3) is 3.33. The summed E-state index contributed by atoms with van der Waals surface area (Å²) in [4.78, 5) is 33.1. The van der Waals surface area contributed by atoms with E-state index in [0.29, 0.717) is 25.2 Å². The van der Waals surface area contributed by atoms with Gasteiger partial charge in [-0.15, -0.1) is 6.58 Å². The summed E-state index contributed by atoms with van der Waals surface area (Å²) >= 11 is 0. The lowest BCUT2D eigenvalue weighted by atomic mass is 10.2. The number of hydrogen-bond acceptors (Lipinski definition) is 3. The molecular formula is C19H22N4O2. The van der Waals surface area contributed by atoms with E-state index in [4.69, 9.17) is 0 Å². The van der Waals surface area contributed by atoms with E-state index in [0.717, 1.165) is 12.1 Å². The van der Waals surface area contributed by atoms with Crippen LogP contribution in [0.1, 0.15) is 23.3 Å². The molecular weight excluding hydrogens is 316 g/mol. The largest absolute Gasteiger partial charge is 0.340 e. The van der Waals surface area contributed by atoms with Crippen LogP contribution >= 0.6 is 0 Å². The molecule has 25 heavy (non-hydrogen) atoms. The highest BCUT2D eigenvalue weighted by molar-refractivity contribution is 5.97. The SMILES string of the molecule is C=CCN(C)C(=O)[C@@H]1CCCN1C(=O)c1cncn1-c1ccccc1. The van der Waals surface area contributed by atoms with Gasteiger partial charge in [0, 0.05) is 25.8 Å². The standard InChI is InChI=1S/C19H22N4O2/c1-3-11-21(2)18(24)16-10-7-12-22(16)19(25)17-13-20-14-23(17)15-8-5-4-6-9-15/h3-6,8-9,13-14,16H,1,7,10-12H2,2H3/t16-/m0/s1. The van der Waals surface area contributed by atoms with Crippen molar-refractivity contribution in [2.45, 2.75) is 18.9 Å². The van der Waals surface area contributed by atoms with Crippen LogP contribution in [0.5, 0.6) is 0 Å². The van der Waals surface area contributed by atoms with Gasteiger partial charge in [0.1, 0.15) is 11.7 Å². The Balaban J connectivity index is 1.85. The number of nitrogens with zero attached hydrogens (tertiary/aromatic N) is 4. The smallest absolute Gasteiger partial charge is 0.273 e. The first kappa shape index (κ1) is 17.0. The van der Waals surface area contributed by atoms with Crippen molar-refractivity contribution < 1.29 is 9.59 Å². The van der Waals surface area contributed by atoms with Gasteiger partial charge in [-0.25, -0.2) is 4.98 Å². The molecule has 6 heteroatoms.